The molecule has 0 spiro atoms. The average molecular weight is 380 g/mol. The monoisotopic (exact) mass is 380 g/mol. The number of carbonyl (C=O) groups is 2. The van der Waals surface area contributed by atoms with Crippen LogP contribution >= 0.6 is 0 Å². The van der Waals surface area contributed by atoms with Gasteiger partial charge in [-0.05, 0) is 29.8 Å². The van der Waals surface area contributed by atoms with Crippen LogP contribution in [0, 0.1) is 0 Å². The molecule has 1 heterocycles. The van der Waals surface area contributed by atoms with E-state index in [2.05, 4.69) is 10.9 Å². The number of ether oxygens (including phenoxy) is 2. The highest BCUT2D eigenvalue weighted by Gasteiger charge is 2.30. The molecule has 6 nitrogen and oxygen atoms in total. The molecule has 9 heteroatoms. The Morgan fingerprint density at radius 3 is 2.33 bits per heavy atom. The zero-order valence-corrected chi connectivity index (χ0v) is 13.9. The van der Waals surface area contributed by atoms with Crippen LogP contribution in [0.5, 0.6) is 11.5 Å². The van der Waals surface area contributed by atoms with Gasteiger partial charge in [-0.25, -0.2) is 0 Å². The number of hydrogen-bond acceptors (Lipinski definition) is 4. The van der Waals surface area contributed by atoms with Gasteiger partial charge in [0, 0.05) is 0 Å². The average Bonchev–Trinajstić information content (AvgIpc) is 2.65. The predicted molar refractivity (Wildman–Crippen MR) is 87.8 cm³/mol. The van der Waals surface area contributed by atoms with E-state index >= 15 is 0 Å². The van der Waals surface area contributed by atoms with Crippen LogP contribution in [-0.2, 0) is 22.2 Å². The van der Waals surface area contributed by atoms with E-state index in [4.69, 9.17) is 9.47 Å². The molecular weight excluding hydrogens is 365 g/mol. The Morgan fingerprint density at radius 2 is 1.67 bits per heavy atom. The van der Waals surface area contributed by atoms with Crippen molar-refractivity contribution in [1.29, 1.82) is 0 Å². The van der Waals surface area contributed by atoms with Crippen LogP contribution in [0.25, 0.3) is 0 Å². The summed E-state index contributed by atoms with van der Waals surface area (Å²) in [7, 11) is 0. The molecule has 2 amide bonds. The number of nitrogens with one attached hydrogen (secondary N) is 2. The van der Waals surface area contributed by atoms with Crippen molar-refractivity contribution in [2.45, 2.75) is 18.7 Å². The highest BCUT2D eigenvalue weighted by atomic mass is 19.4. The van der Waals surface area contributed by atoms with Gasteiger partial charge in [-0.1, -0.05) is 24.3 Å². The molecule has 3 rings (SSSR count). The zero-order chi connectivity index (χ0) is 19.4. The van der Waals surface area contributed by atoms with E-state index in [1.807, 2.05) is 0 Å². The van der Waals surface area contributed by atoms with Crippen LogP contribution in [0.4, 0.5) is 13.2 Å². The molecule has 0 fully saturated rings. The Labute approximate surface area is 152 Å². The Balaban J connectivity index is 1.48. The third-order valence-corrected chi connectivity index (χ3v) is 3.77. The SMILES string of the molecule is O=C(Cc1ccc(C(F)(F)F)cc1)NNC(=O)C1COc2ccccc2O1. The van der Waals surface area contributed by atoms with Crippen molar-refractivity contribution in [3.8, 4) is 11.5 Å². The second kappa shape index (κ2) is 7.56. The van der Waals surface area contributed by atoms with Gasteiger partial charge in [0.05, 0.1) is 12.0 Å². The smallest absolute Gasteiger partial charge is 0.416 e. The van der Waals surface area contributed by atoms with Gasteiger partial charge in [0.2, 0.25) is 12.0 Å². The summed E-state index contributed by atoms with van der Waals surface area (Å²) in [4.78, 5) is 23.9. The first-order chi connectivity index (χ1) is 12.8. The summed E-state index contributed by atoms with van der Waals surface area (Å²) in [6.07, 6.45) is -5.56. The largest absolute Gasteiger partial charge is 0.485 e. The third kappa shape index (κ3) is 4.69. The normalized spacial score (nSPS) is 15.7. The number of hydrogen-bond donors (Lipinski definition) is 2. The molecule has 1 unspecified atom stereocenters. The van der Waals surface area contributed by atoms with Gasteiger partial charge in [-0.15, -0.1) is 0 Å². The van der Waals surface area contributed by atoms with E-state index in [0.29, 0.717) is 17.1 Å². The number of fused-ring (bicyclic) bond motifs is 1. The minimum Gasteiger partial charge on any atom is -0.485 e. The van der Waals surface area contributed by atoms with Crippen molar-refractivity contribution < 1.29 is 32.2 Å². The van der Waals surface area contributed by atoms with E-state index in [1.165, 1.54) is 12.1 Å². The lowest BCUT2D eigenvalue weighted by Gasteiger charge is -2.25. The van der Waals surface area contributed by atoms with Crippen LogP contribution in [0.3, 0.4) is 0 Å². The molecule has 0 aromatic heterocycles. The van der Waals surface area contributed by atoms with E-state index in [9.17, 15) is 22.8 Å². The molecule has 0 saturated carbocycles. The Bertz CT molecular complexity index is 837. The van der Waals surface area contributed by atoms with Crippen LogP contribution in [0.1, 0.15) is 11.1 Å². The van der Waals surface area contributed by atoms with Crippen LogP contribution in [-0.4, -0.2) is 24.5 Å². The minimum absolute atomic E-state index is 0.0162. The van der Waals surface area contributed by atoms with Crippen molar-refractivity contribution in [1.82, 2.24) is 10.9 Å². The van der Waals surface area contributed by atoms with Crippen LogP contribution in [0.15, 0.2) is 48.5 Å². The van der Waals surface area contributed by atoms with E-state index in [-0.39, 0.29) is 13.0 Å². The maximum atomic E-state index is 12.5. The summed E-state index contributed by atoms with van der Waals surface area (Å²) in [5, 5.41) is 0. The molecule has 2 aromatic carbocycles. The fourth-order valence-corrected chi connectivity index (χ4v) is 2.40. The molecule has 1 atom stereocenters. The number of halogens is 3. The summed E-state index contributed by atoms with van der Waals surface area (Å²) in [5.74, 6) is -0.252. The van der Waals surface area contributed by atoms with Gasteiger partial charge in [0.1, 0.15) is 6.61 Å². The quantitative estimate of drug-likeness (QED) is 0.801. The summed E-state index contributed by atoms with van der Waals surface area (Å²) >= 11 is 0. The standard InChI is InChI=1S/C18H15F3N2O4/c19-18(20,21)12-7-5-11(6-8-12)9-16(24)22-23-17(25)15-10-26-13-3-1-2-4-14(13)27-15/h1-8,15H,9-10H2,(H,22,24)(H,23,25). The number of para-hydroxylation sites is 2. The van der Waals surface area contributed by atoms with Gasteiger partial charge in [-0.2, -0.15) is 13.2 Å². The van der Waals surface area contributed by atoms with Crippen molar-refractivity contribution in [3.63, 3.8) is 0 Å². The Morgan fingerprint density at radius 1 is 1.00 bits per heavy atom. The first kappa shape index (κ1) is 18.6. The fourth-order valence-electron chi connectivity index (χ4n) is 2.40. The lowest BCUT2D eigenvalue weighted by molar-refractivity contribution is -0.137. The van der Waals surface area contributed by atoms with Gasteiger partial charge in [0.25, 0.3) is 5.91 Å². The first-order valence-electron chi connectivity index (χ1n) is 7.96. The Kier molecular flexibility index (Phi) is 5.20. The second-order valence-corrected chi connectivity index (χ2v) is 5.77. The molecule has 0 radical (unpaired) electrons. The number of amides is 2. The number of hydrazine groups is 1. The lowest BCUT2D eigenvalue weighted by atomic mass is 10.1. The molecule has 1 aliphatic heterocycles. The molecule has 0 saturated heterocycles. The van der Waals surface area contributed by atoms with Crippen molar-refractivity contribution in [3.05, 3.63) is 59.7 Å². The maximum Gasteiger partial charge on any atom is 0.416 e. The topological polar surface area (TPSA) is 76.7 Å². The van der Waals surface area contributed by atoms with Gasteiger partial charge in [-0.3, -0.25) is 20.4 Å². The third-order valence-electron chi connectivity index (χ3n) is 3.77. The fraction of sp³-hybridized carbons (Fsp3) is 0.222. The minimum atomic E-state index is -4.44. The van der Waals surface area contributed by atoms with E-state index in [1.54, 1.807) is 24.3 Å². The zero-order valence-electron chi connectivity index (χ0n) is 13.9. The molecule has 2 aromatic rings. The number of rotatable bonds is 3. The number of benzene rings is 2. The van der Waals surface area contributed by atoms with E-state index in [0.717, 1.165) is 12.1 Å². The maximum absolute atomic E-state index is 12.5. The molecule has 2 N–H and O–H groups in total. The highest BCUT2D eigenvalue weighted by Crippen LogP contribution is 2.31. The molecule has 0 bridgehead atoms. The molecule has 142 valence electrons. The van der Waals surface area contributed by atoms with Gasteiger partial charge >= 0.3 is 6.18 Å². The number of alkyl halides is 3. The molecule has 27 heavy (non-hydrogen) atoms. The summed E-state index contributed by atoms with van der Waals surface area (Å²) in [6, 6.07) is 11.1. The van der Waals surface area contributed by atoms with Crippen molar-refractivity contribution >= 4 is 11.8 Å². The molecular formula is C18H15F3N2O4. The molecule has 1 aliphatic rings. The lowest BCUT2D eigenvalue weighted by Crippen LogP contribution is -2.51. The van der Waals surface area contributed by atoms with E-state index < -0.39 is 29.7 Å². The molecule has 0 aliphatic carbocycles. The first-order valence-corrected chi connectivity index (χ1v) is 7.96. The van der Waals surface area contributed by atoms with Crippen molar-refractivity contribution in [2.24, 2.45) is 0 Å². The number of carbonyl (C=O) groups excluding carboxylic acids is 2. The second-order valence-electron chi connectivity index (χ2n) is 5.77. The van der Waals surface area contributed by atoms with Crippen LogP contribution in [0.2, 0.25) is 0 Å². The summed E-state index contributed by atoms with van der Waals surface area (Å²) in [5.41, 5.74) is 4.00. The summed E-state index contributed by atoms with van der Waals surface area (Å²) in [6.45, 7) is -0.0162. The van der Waals surface area contributed by atoms with Gasteiger partial charge < -0.3 is 9.47 Å². The summed E-state index contributed by atoms with van der Waals surface area (Å²) < 4.78 is 48.4. The predicted octanol–water partition coefficient (Wildman–Crippen LogP) is 2.24. The highest BCUT2D eigenvalue weighted by molar-refractivity contribution is 5.86. The van der Waals surface area contributed by atoms with Crippen molar-refractivity contribution in [2.75, 3.05) is 6.61 Å². The van der Waals surface area contributed by atoms with Crippen LogP contribution < -0.4 is 20.3 Å². The van der Waals surface area contributed by atoms with Gasteiger partial charge in [0.15, 0.2) is 11.5 Å². The Hall–Kier alpha value is -3.23.